The molecule has 2 rings (SSSR count). The Kier molecular flexibility index (Phi) is 6.77. The maximum atomic E-state index is 11.4. The molecule has 122 valence electrons. The van der Waals surface area contributed by atoms with Gasteiger partial charge in [0.05, 0.1) is 5.69 Å². The number of phenols is 1. The largest absolute Gasteiger partial charge is 0.505 e. The summed E-state index contributed by atoms with van der Waals surface area (Å²) in [5.41, 5.74) is 0.995. The summed E-state index contributed by atoms with van der Waals surface area (Å²) in [5.74, 6) is -0.266. The molecule has 0 amide bonds. The maximum absolute atomic E-state index is 11.4. The fourth-order valence-corrected chi connectivity index (χ4v) is 2.65. The maximum Gasteiger partial charge on any atom is 0.149 e. The van der Waals surface area contributed by atoms with Crippen molar-refractivity contribution in [2.45, 2.75) is 4.90 Å². The summed E-state index contributed by atoms with van der Waals surface area (Å²) in [5, 5.41) is 29.2. The van der Waals surface area contributed by atoms with Crippen LogP contribution in [0.3, 0.4) is 0 Å². The molecule has 0 aromatic heterocycles. The second kappa shape index (κ2) is 8.12. The van der Waals surface area contributed by atoms with E-state index >= 15 is 0 Å². The fourth-order valence-electron chi connectivity index (χ4n) is 2.14. The van der Waals surface area contributed by atoms with Crippen LogP contribution in [-0.2, 0) is 40.2 Å². The average molecular weight is 416 g/mol. The molecule has 0 saturated carbocycles. The Morgan fingerprint density at radius 2 is 1.65 bits per heavy atom. The van der Waals surface area contributed by atoms with Gasteiger partial charge in [-0.1, -0.05) is 6.07 Å². The number of anilines is 1. The Labute approximate surface area is 148 Å². The molecule has 2 aromatic carbocycles. The van der Waals surface area contributed by atoms with E-state index in [1.165, 1.54) is 20.2 Å². The first-order valence-electron chi connectivity index (χ1n) is 6.24. The van der Waals surface area contributed by atoms with Gasteiger partial charge in [-0.25, -0.2) is 0 Å². The molecule has 0 aliphatic carbocycles. The summed E-state index contributed by atoms with van der Waals surface area (Å²) >= 11 is 0. The number of rotatable bonds is 4. The number of azo groups is 2. The van der Waals surface area contributed by atoms with Crippen molar-refractivity contribution in [1.82, 2.24) is 0 Å². The number of hydrogen-bond donors (Lipinski definition) is 2. The first-order valence-corrected chi connectivity index (χ1v) is 7.32. The van der Waals surface area contributed by atoms with Crippen molar-refractivity contribution >= 4 is 38.5 Å². The second-order valence-electron chi connectivity index (χ2n) is 4.21. The minimum atomic E-state index is -2.59. The van der Waals surface area contributed by atoms with E-state index < -0.39 is 10.7 Å². The molecule has 0 spiro atoms. The van der Waals surface area contributed by atoms with Gasteiger partial charge in [0.25, 0.3) is 0 Å². The van der Waals surface area contributed by atoms with Gasteiger partial charge in [-0.2, -0.15) is 20.5 Å². The summed E-state index contributed by atoms with van der Waals surface area (Å²) in [7, 11) is 2.02. The molecule has 0 aliphatic rings. The Morgan fingerprint density at radius 3 is 2.17 bits per heavy atom. The average Bonchev–Trinajstić information content (AvgIpc) is 2.50. The van der Waals surface area contributed by atoms with E-state index in [0.717, 1.165) is 0 Å². The van der Waals surface area contributed by atoms with Crippen LogP contribution in [0.15, 0.2) is 43.6 Å². The van der Waals surface area contributed by atoms with Crippen LogP contribution in [0.2, 0.25) is 0 Å². The molecule has 23 heavy (non-hydrogen) atoms. The molecule has 0 saturated heterocycles. The second-order valence-corrected chi connectivity index (χ2v) is 5.12. The molecule has 10 heteroatoms. The fraction of sp³-hybridized carbons (Fsp3) is 0.231. The molecule has 8 nitrogen and oxygen atoms in total. The molecule has 0 atom stereocenters. The smallest absolute Gasteiger partial charge is 0.149 e. The predicted molar refractivity (Wildman–Crippen MR) is 83.0 cm³/mol. The van der Waals surface area contributed by atoms with Crippen LogP contribution < -0.4 is 5.32 Å². The van der Waals surface area contributed by atoms with Crippen molar-refractivity contribution in [2.75, 3.05) is 26.5 Å². The molecular weight excluding hydrogens is 402 g/mol. The van der Waals surface area contributed by atoms with Crippen LogP contribution in [0.1, 0.15) is 0 Å². The van der Waals surface area contributed by atoms with Gasteiger partial charge in [-0.3, -0.25) is 0 Å². The molecule has 0 fully saturated rings. The zero-order valence-corrected chi connectivity index (χ0v) is 15.4. The van der Waals surface area contributed by atoms with Gasteiger partial charge >= 0.3 is 0 Å². The monoisotopic (exact) mass is 418 g/mol. The van der Waals surface area contributed by atoms with E-state index in [0.29, 0.717) is 22.1 Å². The minimum absolute atomic E-state index is 0. The Morgan fingerprint density at radius 1 is 1.04 bits per heavy atom. The number of hydrogen-bond acceptors (Lipinski definition) is 9. The summed E-state index contributed by atoms with van der Waals surface area (Å²) in [6.07, 6.45) is 0. The van der Waals surface area contributed by atoms with Gasteiger partial charge in [0.15, 0.2) is 0 Å². The quantitative estimate of drug-likeness (QED) is 0.449. The minimum Gasteiger partial charge on any atom is -0.505 e. The van der Waals surface area contributed by atoms with Crippen LogP contribution in [0.25, 0.3) is 10.8 Å². The van der Waals surface area contributed by atoms with Crippen molar-refractivity contribution in [3.8, 4) is 5.75 Å². The van der Waals surface area contributed by atoms with Crippen LogP contribution in [-0.4, -0.2) is 26.2 Å². The van der Waals surface area contributed by atoms with Gasteiger partial charge in [0.2, 0.25) is 0 Å². The zero-order valence-electron chi connectivity index (χ0n) is 12.6. The van der Waals surface area contributed by atoms with Crippen molar-refractivity contribution in [3.63, 3.8) is 0 Å². The zero-order chi connectivity index (χ0) is 16.3. The van der Waals surface area contributed by atoms with Crippen LogP contribution in [0, 0.1) is 0 Å². The summed E-state index contributed by atoms with van der Waals surface area (Å²) in [6.45, 7) is 0. The molecule has 0 aliphatic heterocycles. The number of nitrogens with one attached hydrogen (secondary N) is 1. The van der Waals surface area contributed by atoms with Crippen LogP contribution in [0.5, 0.6) is 5.75 Å². The van der Waals surface area contributed by atoms with Gasteiger partial charge in [0, 0.05) is 53.0 Å². The van der Waals surface area contributed by atoms with Crippen molar-refractivity contribution < 1.29 is 34.6 Å². The predicted octanol–water partition coefficient (Wildman–Crippen LogP) is 3.68. The third kappa shape index (κ3) is 3.56. The van der Waals surface area contributed by atoms with Crippen LogP contribution >= 0.6 is 0 Å². The Hall–Kier alpha value is -1.86. The first-order chi connectivity index (χ1) is 10.5. The SMILES string of the molecule is CN=Nc1c([S-](=O)=O)cc2c(N=NC)c(NC)ccc2c1O.[Mo]. The van der Waals surface area contributed by atoms with E-state index in [2.05, 4.69) is 25.8 Å². The van der Waals surface area contributed by atoms with Crippen molar-refractivity contribution in [1.29, 1.82) is 0 Å². The molecule has 0 unspecified atom stereocenters. The molecular formula is C13H14MoN5O3S-. The van der Waals surface area contributed by atoms with Gasteiger partial charge in [-0.05, 0) is 27.7 Å². The van der Waals surface area contributed by atoms with Gasteiger partial charge in [0.1, 0.15) is 17.1 Å². The molecule has 2 N–H and O–H groups in total. The molecule has 0 radical (unpaired) electrons. The number of aromatic hydroxyl groups is 1. The van der Waals surface area contributed by atoms with Crippen molar-refractivity contribution in [2.24, 2.45) is 20.5 Å². The third-order valence-corrected chi connectivity index (χ3v) is 3.72. The first kappa shape index (κ1) is 19.2. The normalized spacial score (nSPS) is 11.5. The number of phenolic OH excluding ortho intramolecular Hbond substituents is 1. The Balaban J connectivity index is 0.00000264. The molecule has 0 bridgehead atoms. The van der Waals surface area contributed by atoms with E-state index in [-0.39, 0.29) is 37.4 Å². The number of fused-ring (bicyclic) bond motifs is 1. The van der Waals surface area contributed by atoms with E-state index in [1.54, 1.807) is 19.2 Å². The molecule has 2 aromatic rings. The standard InChI is InChI=1S/C13H14N5O3S.Mo/c1-14-9-5-4-7-8(11(9)17-15-2)6-10(22(20)21)12(13(7)19)18-16-3;/h4-6,14,19H,1-3H3;/q-1;. The number of benzene rings is 2. The van der Waals surface area contributed by atoms with E-state index in [1.807, 2.05) is 0 Å². The molecule has 0 heterocycles. The Bertz CT molecular complexity index is 857. The van der Waals surface area contributed by atoms with E-state index in [9.17, 15) is 13.5 Å². The summed E-state index contributed by atoms with van der Waals surface area (Å²) < 4.78 is 22.9. The van der Waals surface area contributed by atoms with E-state index in [4.69, 9.17) is 0 Å². The topological polar surface area (TPSA) is 116 Å². The third-order valence-electron chi connectivity index (χ3n) is 3.05. The number of nitrogens with zero attached hydrogens (tertiary/aromatic N) is 4. The van der Waals surface area contributed by atoms with Gasteiger partial charge in [-0.15, -0.1) is 0 Å². The summed E-state index contributed by atoms with van der Waals surface area (Å²) in [4.78, 5) is -0.156. The van der Waals surface area contributed by atoms with Crippen LogP contribution in [0.4, 0.5) is 17.1 Å². The summed E-state index contributed by atoms with van der Waals surface area (Å²) in [6, 6.07) is 4.76. The van der Waals surface area contributed by atoms with Gasteiger partial charge < -0.3 is 18.8 Å². The van der Waals surface area contributed by atoms with Crippen molar-refractivity contribution in [3.05, 3.63) is 18.2 Å².